The monoisotopic (exact) mass is 678 g/mol. The maximum Gasteiger partial charge on any atom is 0.438 e. The van der Waals surface area contributed by atoms with Gasteiger partial charge in [0.1, 0.15) is 0 Å². The third-order valence-electron chi connectivity index (χ3n) is 5.54. The quantitative estimate of drug-likeness (QED) is 0.191. The summed E-state index contributed by atoms with van der Waals surface area (Å²) in [5.41, 5.74) is -8.08. The van der Waals surface area contributed by atoms with E-state index in [2.05, 4.69) is 0 Å². The van der Waals surface area contributed by atoms with E-state index in [1.165, 1.54) is 0 Å². The van der Waals surface area contributed by atoms with E-state index in [-0.39, 0.29) is 0 Å². The summed E-state index contributed by atoms with van der Waals surface area (Å²) in [7, 11) is -35.1. The molecular weight excluding hydrogens is 676 g/mol. The molecule has 228 valence electrons. The molecule has 38 heavy (non-hydrogen) atoms. The Morgan fingerprint density at radius 3 is 0.816 bits per heavy atom. The van der Waals surface area contributed by atoms with Gasteiger partial charge in [-0.1, -0.05) is 0 Å². The minimum absolute atomic E-state index is 1.73. The summed E-state index contributed by atoms with van der Waals surface area (Å²) in [5, 5.41) is 0. The van der Waals surface area contributed by atoms with E-state index in [4.69, 9.17) is 0 Å². The van der Waals surface area contributed by atoms with Crippen molar-refractivity contribution in [3.8, 4) is 0 Å². The third kappa shape index (κ3) is 3.95. The molecule has 0 atom stereocenters. The molecule has 1 saturated heterocycles. The van der Waals surface area contributed by atoms with Crippen LogP contribution in [0.1, 0.15) is 0 Å². The van der Waals surface area contributed by atoms with Gasteiger partial charge in [0.15, 0.2) is 0 Å². The normalized spacial score (nSPS) is 23.4. The Bertz CT molecular complexity index is 784. The molecule has 1 rings (SSSR count). The molecule has 0 aliphatic carbocycles. The van der Waals surface area contributed by atoms with Gasteiger partial charge in [0.05, 0.1) is 0 Å². The van der Waals surface area contributed by atoms with Crippen LogP contribution in [0.4, 0.5) is 105 Å². The van der Waals surface area contributed by atoms with Crippen LogP contribution in [0.5, 0.6) is 0 Å². The zero-order chi connectivity index (χ0) is 31.4. The van der Waals surface area contributed by atoms with Crippen molar-refractivity contribution < 1.29 is 110 Å². The lowest BCUT2D eigenvalue weighted by Crippen LogP contribution is -3.06. The molecule has 0 unspecified atom stereocenters. The van der Waals surface area contributed by atoms with Gasteiger partial charge in [-0.3, -0.25) is 0 Å². The van der Waals surface area contributed by atoms with Crippen molar-refractivity contribution in [2.24, 2.45) is 0 Å². The third-order valence-corrected chi connectivity index (χ3v) is 36.5. The van der Waals surface area contributed by atoms with Crippen LogP contribution in [-0.4, -0.2) is 75.3 Å². The Labute approximate surface area is 192 Å². The molecule has 1 fully saturated rings. The Kier molecular flexibility index (Phi) is 7.58. The van der Waals surface area contributed by atoms with Gasteiger partial charge >= 0.3 is 69.7 Å². The average molecular weight is 678 g/mol. The molecule has 1 aliphatic heterocycles. The highest BCUT2D eigenvalue weighted by Gasteiger charge is 3.14. The first kappa shape index (κ1) is 35.0. The maximum atomic E-state index is 13.8. The van der Waals surface area contributed by atoms with E-state index in [0.29, 0.717) is 0 Å². The van der Waals surface area contributed by atoms with Gasteiger partial charge in [-0.05, 0) is 0 Å². The summed E-state index contributed by atoms with van der Waals surface area (Å²) in [6, 6.07) is -5.67. The molecule has 0 radical (unpaired) electrons. The summed E-state index contributed by atoms with van der Waals surface area (Å²) in [6.45, 7) is 0. The van der Waals surface area contributed by atoms with Crippen molar-refractivity contribution in [1.29, 1.82) is 0 Å². The van der Waals surface area contributed by atoms with Gasteiger partial charge in [0.2, 0.25) is 5.60 Å². The van der Waals surface area contributed by atoms with Crippen molar-refractivity contribution in [2.75, 3.05) is 0 Å². The smallest absolute Gasteiger partial charge is 0.383 e. The molecule has 0 N–H and O–H groups in total. The largest absolute Gasteiger partial charge is 0.438 e. The summed E-state index contributed by atoms with van der Waals surface area (Å²) < 4.78 is 330. The Hall–Kier alpha value is -1.07. The fraction of sp³-hybridized carbons (Fsp3) is 1.00. The van der Waals surface area contributed by atoms with Crippen LogP contribution in [0.15, 0.2) is 0 Å². The van der Waals surface area contributed by atoms with Crippen LogP contribution in [0.3, 0.4) is 0 Å². The number of halogens is 24. The van der Waals surface area contributed by atoms with Crippen LogP contribution < -0.4 is 0 Å². The second-order valence-electron chi connectivity index (χ2n) is 7.42. The van der Waals surface area contributed by atoms with Crippen molar-refractivity contribution in [1.82, 2.24) is 0 Å². The molecule has 0 aromatic heterocycles. The summed E-state index contributed by atoms with van der Waals surface area (Å²) in [6.07, 6.45) is -16.7. The molecule has 28 heteroatoms. The first-order chi connectivity index (χ1) is 15.9. The summed E-state index contributed by atoms with van der Waals surface area (Å²) in [4.78, 5) is 0. The highest BCUT2D eigenvalue weighted by atomic mass is 29.6. The Morgan fingerprint density at radius 2 is 0.658 bits per heavy atom. The molecule has 0 aromatic carbocycles. The number of hydrogen-bond acceptors (Lipinski definition) is 1. The van der Waals surface area contributed by atoms with Crippen LogP contribution in [0, 0.1) is 0 Å². The van der Waals surface area contributed by atoms with Gasteiger partial charge < -0.3 is 4.43 Å². The van der Waals surface area contributed by atoms with Crippen molar-refractivity contribution in [3.05, 3.63) is 0 Å². The van der Waals surface area contributed by atoms with Crippen molar-refractivity contribution in [3.63, 3.8) is 0 Å². The zero-order valence-corrected chi connectivity index (χ0v) is 19.2. The summed E-state index contributed by atoms with van der Waals surface area (Å²) in [5.74, 6) is -53.7. The van der Waals surface area contributed by atoms with Crippen LogP contribution in [0.25, 0.3) is 0 Å². The maximum absolute atomic E-state index is 13.8. The van der Waals surface area contributed by atoms with Crippen LogP contribution in [0.2, 0.25) is 6.04 Å². The number of hydrogen-bond donors (Lipinski definition) is 0. The zero-order valence-electron chi connectivity index (χ0n) is 16.2. The molecule has 1 heterocycles. The van der Waals surface area contributed by atoms with Crippen LogP contribution in [-0.2, 0) is 4.43 Å². The second kappa shape index (κ2) is 8.24. The van der Waals surface area contributed by atoms with E-state index >= 15 is 0 Å². The van der Waals surface area contributed by atoms with E-state index in [1.807, 2.05) is 0 Å². The van der Waals surface area contributed by atoms with Crippen molar-refractivity contribution >= 4 is 22.5 Å². The minimum Gasteiger partial charge on any atom is -0.383 e. The Balaban J connectivity index is 5.18. The first-order valence-corrected chi connectivity index (χ1v) is 16.3. The molecule has 0 bridgehead atoms. The van der Waals surface area contributed by atoms with E-state index in [0.717, 1.165) is 0 Å². The molecule has 1 aliphatic rings. The van der Waals surface area contributed by atoms with Gasteiger partial charge in [-0.2, -0.15) is 105 Å². The average Bonchev–Trinajstić information content (AvgIpc) is 2.51. The van der Waals surface area contributed by atoms with Gasteiger partial charge in [0, 0.05) is 6.04 Å². The van der Waals surface area contributed by atoms with Gasteiger partial charge in [0.25, 0.3) is 0 Å². The molecule has 0 spiro atoms. The lowest BCUT2D eigenvalue weighted by Gasteiger charge is -2.62. The summed E-state index contributed by atoms with van der Waals surface area (Å²) >= 11 is 0. The number of alkyl halides is 24. The lowest BCUT2D eigenvalue weighted by molar-refractivity contribution is -0.361. The van der Waals surface area contributed by atoms with Gasteiger partial charge in [-0.15, -0.1) is 0 Å². The van der Waals surface area contributed by atoms with Gasteiger partial charge in [-0.25, -0.2) is 0 Å². The molecular formula is C10H2F24OSi3. The standard InChI is InChI=1S/C10H2F24OSi3/c11-3(12,13)2(4(14,15)16)1-36(5(17,18)19,6(20,21)22)38(9(29,30)31,10(32,33)34)37(35-2,7(23,24)25)8(26,27)28/h1H2. The highest BCUT2D eigenvalue weighted by molar-refractivity contribution is 7.71. The van der Waals surface area contributed by atoms with Crippen molar-refractivity contribution in [2.45, 2.75) is 58.8 Å². The predicted octanol–water partition coefficient (Wildman–Crippen LogP) is 7.49. The fourth-order valence-corrected chi connectivity index (χ4v) is 39.0. The predicted molar refractivity (Wildman–Crippen MR) is 74.3 cm³/mol. The number of rotatable bonds is 0. The molecule has 0 amide bonds. The molecule has 0 saturated carbocycles. The van der Waals surface area contributed by atoms with E-state index < -0.39 is 81.3 Å². The second-order valence-corrected chi connectivity index (χ2v) is 26.7. The highest BCUT2D eigenvalue weighted by Crippen LogP contribution is 2.72. The van der Waals surface area contributed by atoms with E-state index in [1.54, 1.807) is 4.43 Å². The van der Waals surface area contributed by atoms with Crippen LogP contribution >= 0.6 is 0 Å². The molecule has 0 aromatic rings. The topological polar surface area (TPSA) is 9.23 Å². The minimum atomic E-state index is -11.9. The lowest BCUT2D eigenvalue weighted by atomic mass is 10.1. The van der Waals surface area contributed by atoms with E-state index in [9.17, 15) is 105 Å². The molecule has 1 nitrogen and oxygen atoms in total. The SMILES string of the molecule is FC(F)(F)C1(C(F)(F)F)C[Si](C(F)(F)F)(C(F)(F)F)[Si](C(F)(F)F)(C(F)(F)F)[Si](C(F)(F)F)(C(F)(F)F)O1. The first-order valence-electron chi connectivity index (χ1n) is 8.15. The fourth-order valence-electron chi connectivity index (χ4n) is 4.19. The Morgan fingerprint density at radius 1 is 0.395 bits per heavy atom.